The van der Waals surface area contributed by atoms with Crippen LogP contribution in [0.4, 0.5) is 24.5 Å². The molecular formula is C12H15F3N2O. The second-order valence-electron chi connectivity index (χ2n) is 4.61. The Balaban J connectivity index is 2.05. The summed E-state index contributed by atoms with van der Waals surface area (Å²) in [6, 6.07) is 6.96. The fraction of sp³-hybridized carbons (Fsp3) is 0.500. The van der Waals surface area contributed by atoms with Crippen molar-refractivity contribution in [1.29, 1.82) is 0 Å². The zero-order valence-corrected chi connectivity index (χ0v) is 9.74. The highest BCUT2D eigenvalue weighted by Crippen LogP contribution is 2.39. The smallest absolute Gasteiger partial charge is 0.399 e. The molecule has 0 aromatic heterocycles. The Morgan fingerprint density at radius 1 is 1.11 bits per heavy atom. The van der Waals surface area contributed by atoms with Crippen molar-refractivity contribution in [3.05, 3.63) is 24.3 Å². The first-order valence-electron chi connectivity index (χ1n) is 5.71. The molecule has 3 N–H and O–H groups in total. The first kappa shape index (κ1) is 13.0. The number of alkyl halides is 3. The molecule has 1 fully saturated rings. The lowest BCUT2D eigenvalue weighted by Crippen LogP contribution is -2.53. The molecule has 1 aliphatic rings. The van der Waals surface area contributed by atoms with E-state index in [1.807, 2.05) is 4.90 Å². The summed E-state index contributed by atoms with van der Waals surface area (Å²) in [6.07, 6.45) is -5.16. The molecular weight excluding hydrogens is 245 g/mol. The summed E-state index contributed by atoms with van der Waals surface area (Å²) in [4.78, 5) is 1.82. The monoisotopic (exact) mass is 260 g/mol. The lowest BCUT2D eigenvalue weighted by atomic mass is 9.90. The second-order valence-corrected chi connectivity index (χ2v) is 4.61. The van der Waals surface area contributed by atoms with Crippen LogP contribution >= 0.6 is 0 Å². The predicted octanol–water partition coefficient (Wildman–Crippen LogP) is 2.16. The Kier molecular flexibility index (Phi) is 3.14. The van der Waals surface area contributed by atoms with Gasteiger partial charge in [0.1, 0.15) is 0 Å². The fourth-order valence-corrected chi connectivity index (χ4v) is 2.10. The van der Waals surface area contributed by atoms with Gasteiger partial charge in [0.05, 0.1) is 0 Å². The van der Waals surface area contributed by atoms with E-state index in [9.17, 15) is 18.3 Å². The lowest BCUT2D eigenvalue weighted by Gasteiger charge is -2.40. The molecule has 0 spiro atoms. The molecule has 0 unspecified atom stereocenters. The number of nitrogens with two attached hydrogens (primary N) is 1. The van der Waals surface area contributed by atoms with E-state index < -0.39 is 11.8 Å². The fourth-order valence-electron chi connectivity index (χ4n) is 2.10. The van der Waals surface area contributed by atoms with Gasteiger partial charge in [-0.15, -0.1) is 0 Å². The van der Waals surface area contributed by atoms with Gasteiger partial charge in [0.2, 0.25) is 0 Å². The average Bonchev–Trinajstić information content (AvgIpc) is 2.30. The maximum absolute atomic E-state index is 12.6. The molecule has 1 aliphatic heterocycles. The quantitative estimate of drug-likeness (QED) is 0.761. The molecule has 1 aromatic rings. The molecule has 1 aromatic carbocycles. The molecule has 0 amide bonds. The van der Waals surface area contributed by atoms with Crippen LogP contribution in [0.5, 0.6) is 0 Å². The number of hydrogen-bond donors (Lipinski definition) is 2. The molecule has 1 saturated heterocycles. The second kappa shape index (κ2) is 4.35. The van der Waals surface area contributed by atoms with Crippen molar-refractivity contribution in [3.8, 4) is 0 Å². The zero-order chi connectivity index (χ0) is 13.4. The summed E-state index contributed by atoms with van der Waals surface area (Å²) >= 11 is 0. The van der Waals surface area contributed by atoms with Crippen molar-refractivity contribution >= 4 is 11.4 Å². The Bertz CT molecular complexity index is 408. The van der Waals surface area contributed by atoms with E-state index in [0.717, 1.165) is 5.69 Å². The highest BCUT2D eigenvalue weighted by molar-refractivity contribution is 5.53. The Morgan fingerprint density at radius 3 is 2.06 bits per heavy atom. The van der Waals surface area contributed by atoms with Gasteiger partial charge in [0.25, 0.3) is 0 Å². The van der Waals surface area contributed by atoms with Crippen molar-refractivity contribution in [3.63, 3.8) is 0 Å². The lowest BCUT2D eigenvalue weighted by molar-refractivity contribution is -0.266. The molecule has 18 heavy (non-hydrogen) atoms. The predicted molar refractivity (Wildman–Crippen MR) is 63.3 cm³/mol. The van der Waals surface area contributed by atoms with Crippen LogP contribution in [0, 0.1) is 0 Å². The van der Waals surface area contributed by atoms with Gasteiger partial charge in [-0.05, 0) is 24.3 Å². The van der Waals surface area contributed by atoms with Crippen LogP contribution < -0.4 is 10.6 Å². The van der Waals surface area contributed by atoms with Gasteiger partial charge in [-0.2, -0.15) is 13.2 Å². The number of hydrogen-bond acceptors (Lipinski definition) is 3. The van der Waals surface area contributed by atoms with Crippen LogP contribution in [-0.2, 0) is 0 Å². The van der Waals surface area contributed by atoms with Gasteiger partial charge in [-0.3, -0.25) is 0 Å². The van der Waals surface area contributed by atoms with Crippen LogP contribution in [0.15, 0.2) is 24.3 Å². The molecule has 3 nitrogen and oxygen atoms in total. The third-order valence-electron chi connectivity index (χ3n) is 3.38. The standard InChI is InChI=1S/C12H15F3N2O/c13-12(14,15)11(18)5-7-17(8-6-11)10-3-1-9(16)2-4-10/h1-4,18H,5-8,16H2. The van der Waals surface area contributed by atoms with E-state index in [2.05, 4.69) is 0 Å². The summed E-state index contributed by atoms with van der Waals surface area (Å²) < 4.78 is 37.9. The van der Waals surface area contributed by atoms with Crippen LogP contribution in [0.2, 0.25) is 0 Å². The maximum Gasteiger partial charge on any atom is 0.417 e. The summed E-state index contributed by atoms with van der Waals surface area (Å²) in [5, 5.41) is 9.54. The minimum Gasteiger partial charge on any atom is -0.399 e. The van der Waals surface area contributed by atoms with Crippen molar-refractivity contribution in [1.82, 2.24) is 0 Å². The van der Waals surface area contributed by atoms with E-state index in [1.54, 1.807) is 24.3 Å². The maximum atomic E-state index is 12.6. The normalized spacial score (nSPS) is 19.9. The highest BCUT2D eigenvalue weighted by Gasteiger charge is 2.54. The number of halogens is 3. The largest absolute Gasteiger partial charge is 0.417 e. The molecule has 0 aliphatic carbocycles. The molecule has 100 valence electrons. The first-order chi connectivity index (χ1) is 8.32. The average molecular weight is 260 g/mol. The van der Waals surface area contributed by atoms with Gasteiger partial charge in [0, 0.05) is 37.3 Å². The third kappa shape index (κ3) is 2.38. The van der Waals surface area contributed by atoms with Crippen molar-refractivity contribution < 1.29 is 18.3 Å². The Hall–Kier alpha value is -1.43. The van der Waals surface area contributed by atoms with Crippen LogP contribution in [0.1, 0.15) is 12.8 Å². The van der Waals surface area contributed by atoms with E-state index in [4.69, 9.17) is 5.73 Å². The summed E-state index contributed by atoms with van der Waals surface area (Å²) in [5.41, 5.74) is 4.45. The first-order valence-corrected chi connectivity index (χ1v) is 5.71. The topological polar surface area (TPSA) is 49.5 Å². The number of rotatable bonds is 1. The molecule has 0 saturated carbocycles. The Morgan fingerprint density at radius 2 is 1.61 bits per heavy atom. The summed E-state index contributed by atoms with van der Waals surface area (Å²) in [6.45, 7) is 0.361. The zero-order valence-electron chi connectivity index (χ0n) is 9.74. The summed E-state index contributed by atoms with van der Waals surface area (Å²) in [7, 11) is 0. The van der Waals surface area contributed by atoms with Crippen molar-refractivity contribution in [2.45, 2.75) is 24.6 Å². The van der Waals surface area contributed by atoms with Gasteiger partial charge >= 0.3 is 6.18 Å². The van der Waals surface area contributed by atoms with E-state index >= 15 is 0 Å². The number of nitrogen functional groups attached to an aromatic ring is 1. The molecule has 0 bridgehead atoms. The third-order valence-corrected chi connectivity index (χ3v) is 3.38. The van der Waals surface area contributed by atoms with E-state index in [-0.39, 0.29) is 25.9 Å². The molecule has 0 atom stereocenters. The minimum absolute atomic E-state index is 0.180. The number of piperidine rings is 1. The van der Waals surface area contributed by atoms with Crippen molar-refractivity contribution in [2.24, 2.45) is 0 Å². The van der Waals surface area contributed by atoms with Crippen LogP contribution in [-0.4, -0.2) is 30.0 Å². The van der Waals surface area contributed by atoms with E-state index in [0.29, 0.717) is 5.69 Å². The molecule has 0 radical (unpaired) electrons. The SMILES string of the molecule is Nc1ccc(N2CCC(O)(C(F)(F)F)CC2)cc1. The van der Waals surface area contributed by atoms with E-state index in [1.165, 1.54) is 0 Å². The van der Waals surface area contributed by atoms with Crippen LogP contribution in [0.3, 0.4) is 0 Å². The number of benzene rings is 1. The summed E-state index contributed by atoms with van der Waals surface area (Å²) in [5.74, 6) is 0. The minimum atomic E-state index is -4.56. The molecule has 1 heterocycles. The van der Waals surface area contributed by atoms with Crippen molar-refractivity contribution in [2.75, 3.05) is 23.7 Å². The number of anilines is 2. The molecule has 2 rings (SSSR count). The Labute approximate surface area is 103 Å². The number of nitrogens with zero attached hydrogens (tertiary/aromatic N) is 1. The van der Waals surface area contributed by atoms with Gasteiger partial charge in [-0.1, -0.05) is 0 Å². The number of aliphatic hydroxyl groups is 1. The highest BCUT2D eigenvalue weighted by atomic mass is 19.4. The van der Waals surface area contributed by atoms with Gasteiger partial charge < -0.3 is 15.7 Å². The van der Waals surface area contributed by atoms with Gasteiger partial charge in [-0.25, -0.2) is 0 Å². The van der Waals surface area contributed by atoms with Gasteiger partial charge in [0.15, 0.2) is 5.60 Å². The molecule has 6 heteroatoms. The van der Waals surface area contributed by atoms with Crippen LogP contribution in [0.25, 0.3) is 0 Å².